The Morgan fingerprint density at radius 2 is 1.84 bits per heavy atom. The number of aliphatic carboxylic acids is 1. The van der Waals surface area contributed by atoms with Gasteiger partial charge in [-0.2, -0.15) is 0 Å². The minimum atomic E-state index is -0.814. The fourth-order valence-corrected chi connectivity index (χ4v) is 5.39. The molecule has 0 spiro atoms. The maximum atomic E-state index is 11.1. The zero-order valence-corrected chi connectivity index (χ0v) is 21.5. The van der Waals surface area contributed by atoms with Gasteiger partial charge < -0.3 is 19.3 Å². The van der Waals surface area contributed by atoms with Crippen molar-refractivity contribution in [2.24, 2.45) is 5.92 Å². The molecule has 1 heterocycles. The molecule has 5 rings (SSSR count). The molecule has 3 aromatic rings. The number of carboxylic acid groups (broad SMARTS) is 1. The van der Waals surface area contributed by atoms with Crippen LogP contribution in [0.4, 0.5) is 0 Å². The molecule has 0 fully saturated rings. The van der Waals surface area contributed by atoms with Crippen LogP contribution < -0.4 is 14.2 Å². The third kappa shape index (κ3) is 5.99. The average molecular weight is 499 g/mol. The summed E-state index contributed by atoms with van der Waals surface area (Å²) in [5, 5.41) is 9.10. The molecule has 1 N–H and O–H groups in total. The smallest absolute Gasteiger partial charge is 0.304 e. The minimum absolute atomic E-state index is 0.0735. The summed E-state index contributed by atoms with van der Waals surface area (Å²) in [6.07, 6.45) is 8.06. The SMILES string of the molecule is Cc1cc(OCC2CC=CCC2)cc(C)c1-c1cccc(COc2ccc3c(c2)OCC3CC(=O)O)c1. The highest BCUT2D eigenvalue weighted by Gasteiger charge is 2.26. The fraction of sp³-hybridized carbons (Fsp3) is 0.344. The topological polar surface area (TPSA) is 65.0 Å². The molecule has 0 bridgehead atoms. The number of carboxylic acids is 1. The Morgan fingerprint density at radius 1 is 1.00 bits per heavy atom. The Kier molecular flexibility index (Phi) is 7.50. The summed E-state index contributed by atoms with van der Waals surface area (Å²) in [6, 6.07) is 18.4. The number of ether oxygens (including phenoxy) is 3. The second-order valence-corrected chi connectivity index (χ2v) is 10.2. The highest BCUT2D eigenvalue weighted by Crippen LogP contribution is 2.38. The van der Waals surface area contributed by atoms with Crippen LogP contribution in [0.5, 0.6) is 17.2 Å². The Balaban J connectivity index is 1.25. The zero-order chi connectivity index (χ0) is 25.8. The highest BCUT2D eigenvalue weighted by atomic mass is 16.5. The second kappa shape index (κ2) is 11.1. The fourth-order valence-electron chi connectivity index (χ4n) is 5.39. The molecule has 1 aliphatic carbocycles. The van der Waals surface area contributed by atoms with Crippen molar-refractivity contribution in [2.45, 2.75) is 52.1 Å². The molecule has 0 radical (unpaired) electrons. The van der Waals surface area contributed by atoms with Gasteiger partial charge in [-0.1, -0.05) is 36.4 Å². The van der Waals surface area contributed by atoms with E-state index in [2.05, 4.69) is 62.4 Å². The molecule has 3 aromatic carbocycles. The van der Waals surface area contributed by atoms with E-state index in [9.17, 15) is 4.79 Å². The Bertz CT molecular complexity index is 1290. The van der Waals surface area contributed by atoms with Crippen LogP contribution in [-0.2, 0) is 11.4 Å². The molecule has 2 aliphatic rings. The molecule has 1 aliphatic heterocycles. The minimum Gasteiger partial charge on any atom is -0.493 e. The van der Waals surface area contributed by atoms with Crippen LogP contribution in [0.25, 0.3) is 11.1 Å². The third-order valence-electron chi connectivity index (χ3n) is 7.28. The Morgan fingerprint density at radius 3 is 2.59 bits per heavy atom. The predicted octanol–water partition coefficient (Wildman–Crippen LogP) is 7.24. The number of benzene rings is 3. The molecular formula is C32H34O5. The first kappa shape index (κ1) is 24.9. The van der Waals surface area contributed by atoms with E-state index in [1.165, 1.54) is 23.1 Å². The van der Waals surface area contributed by atoms with E-state index in [-0.39, 0.29) is 12.3 Å². The van der Waals surface area contributed by atoms with E-state index in [1.54, 1.807) is 0 Å². The van der Waals surface area contributed by atoms with E-state index in [0.717, 1.165) is 41.9 Å². The summed E-state index contributed by atoms with van der Waals surface area (Å²) in [5.41, 5.74) is 6.79. The normalized spacial score (nSPS) is 18.2. The Labute approximate surface area is 218 Å². The van der Waals surface area contributed by atoms with Crippen LogP contribution in [0, 0.1) is 19.8 Å². The molecule has 5 nitrogen and oxygen atoms in total. The number of fused-ring (bicyclic) bond motifs is 1. The van der Waals surface area contributed by atoms with Gasteiger partial charge in [0.15, 0.2) is 0 Å². The van der Waals surface area contributed by atoms with Gasteiger partial charge in [0.1, 0.15) is 23.9 Å². The monoisotopic (exact) mass is 498 g/mol. The van der Waals surface area contributed by atoms with Crippen molar-refractivity contribution < 1.29 is 24.1 Å². The summed E-state index contributed by atoms with van der Waals surface area (Å²) in [5.74, 6) is 2.05. The molecule has 192 valence electrons. The molecule has 5 heteroatoms. The van der Waals surface area contributed by atoms with Crippen molar-refractivity contribution in [3.63, 3.8) is 0 Å². The van der Waals surface area contributed by atoms with E-state index >= 15 is 0 Å². The number of rotatable bonds is 9. The summed E-state index contributed by atoms with van der Waals surface area (Å²) in [6.45, 7) is 5.88. The standard InChI is InChI=1S/C32H34O5/c1-21-13-28(36-18-23-7-4-3-5-8-23)14-22(2)32(21)25-10-6-9-24(15-25)19-35-27-11-12-29-26(16-31(33)34)20-37-30(29)17-27/h3-4,6,9-15,17,23,26H,5,7-8,16,18-20H2,1-2H3,(H,33,34). The van der Waals surface area contributed by atoms with Crippen LogP contribution in [0.1, 0.15) is 53.9 Å². The maximum absolute atomic E-state index is 11.1. The zero-order valence-electron chi connectivity index (χ0n) is 21.5. The van der Waals surface area contributed by atoms with Gasteiger partial charge in [-0.05, 0) is 91.1 Å². The summed E-state index contributed by atoms with van der Waals surface area (Å²) >= 11 is 0. The van der Waals surface area contributed by atoms with Crippen LogP contribution in [0.3, 0.4) is 0 Å². The van der Waals surface area contributed by atoms with Crippen molar-refractivity contribution in [1.29, 1.82) is 0 Å². The van der Waals surface area contributed by atoms with E-state index in [1.807, 2.05) is 18.2 Å². The average Bonchev–Trinajstić information content (AvgIpc) is 3.28. The molecule has 37 heavy (non-hydrogen) atoms. The second-order valence-electron chi connectivity index (χ2n) is 10.2. The lowest BCUT2D eigenvalue weighted by atomic mass is 9.94. The number of allylic oxidation sites excluding steroid dienone is 2. The largest absolute Gasteiger partial charge is 0.493 e. The predicted molar refractivity (Wildman–Crippen MR) is 145 cm³/mol. The first-order valence-electron chi connectivity index (χ1n) is 13.1. The van der Waals surface area contributed by atoms with Gasteiger partial charge in [0, 0.05) is 17.5 Å². The van der Waals surface area contributed by atoms with Crippen LogP contribution in [-0.4, -0.2) is 24.3 Å². The van der Waals surface area contributed by atoms with Gasteiger partial charge in [0.2, 0.25) is 0 Å². The van der Waals surface area contributed by atoms with Crippen molar-refractivity contribution in [3.05, 3.63) is 89.0 Å². The number of carbonyl (C=O) groups is 1. The summed E-state index contributed by atoms with van der Waals surface area (Å²) < 4.78 is 18.0. The molecule has 0 amide bonds. The van der Waals surface area contributed by atoms with E-state index in [4.69, 9.17) is 19.3 Å². The van der Waals surface area contributed by atoms with Crippen LogP contribution in [0.15, 0.2) is 66.7 Å². The quantitative estimate of drug-likeness (QED) is 0.315. The van der Waals surface area contributed by atoms with E-state index < -0.39 is 5.97 Å². The summed E-state index contributed by atoms with van der Waals surface area (Å²) in [7, 11) is 0. The van der Waals surface area contributed by atoms with Gasteiger partial charge in [-0.25, -0.2) is 0 Å². The molecule has 0 saturated heterocycles. The van der Waals surface area contributed by atoms with Gasteiger partial charge in [-0.15, -0.1) is 0 Å². The lowest BCUT2D eigenvalue weighted by Crippen LogP contribution is -2.13. The van der Waals surface area contributed by atoms with Crippen LogP contribution >= 0.6 is 0 Å². The van der Waals surface area contributed by atoms with Gasteiger partial charge in [-0.3, -0.25) is 4.79 Å². The van der Waals surface area contributed by atoms with Crippen molar-refractivity contribution >= 4 is 5.97 Å². The number of aryl methyl sites for hydroxylation is 2. The first-order valence-corrected chi connectivity index (χ1v) is 13.1. The van der Waals surface area contributed by atoms with E-state index in [0.29, 0.717) is 30.6 Å². The van der Waals surface area contributed by atoms with Crippen LogP contribution in [0.2, 0.25) is 0 Å². The summed E-state index contributed by atoms with van der Waals surface area (Å²) in [4.78, 5) is 11.1. The molecule has 0 aromatic heterocycles. The molecule has 0 saturated carbocycles. The lowest BCUT2D eigenvalue weighted by Gasteiger charge is -2.20. The lowest BCUT2D eigenvalue weighted by molar-refractivity contribution is -0.137. The van der Waals surface area contributed by atoms with Crippen molar-refractivity contribution in [1.82, 2.24) is 0 Å². The third-order valence-corrected chi connectivity index (χ3v) is 7.28. The molecule has 2 atom stereocenters. The molecular weight excluding hydrogens is 464 g/mol. The van der Waals surface area contributed by atoms with Crippen molar-refractivity contribution in [2.75, 3.05) is 13.2 Å². The van der Waals surface area contributed by atoms with Gasteiger partial charge >= 0.3 is 5.97 Å². The first-order chi connectivity index (χ1) is 18.0. The number of hydrogen-bond donors (Lipinski definition) is 1. The van der Waals surface area contributed by atoms with Crippen molar-refractivity contribution in [3.8, 4) is 28.4 Å². The van der Waals surface area contributed by atoms with Gasteiger partial charge in [0.05, 0.1) is 19.6 Å². The highest BCUT2D eigenvalue weighted by molar-refractivity contribution is 5.72. The Hall–Kier alpha value is -3.73. The van der Waals surface area contributed by atoms with Gasteiger partial charge in [0.25, 0.3) is 0 Å². The maximum Gasteiger partial charge on any atom is 0.304 e. The number of hydrogen-bond acceptors (Lipinski definition) is 4. The molecule has 2 unspecified atom stereocenters.